The molecule has 2 rings (SSSR count). The molecule has 1 aliphatic carbocycles. The van der Waals surface area contributed by atoms with E-state index in [1.165, 1.54) is 50.9 Å². The van der Waals surface area contributed by atoms with E-state index in [4.69, 9.17) is 4.74 Å². The van der Waals surface area contributed by atoms with Crippen LogP contribution in [-0.4, -0.2) is 31.1 Å². The predicted molar refractivity (Wildman–Crippen MR) is 71.9 cm³/mol. The first kappa shape index (κ1) is 12.7. The van der Waals surface area contributed by atoms with Crippen LogP contribution in [0.3, 0.4) is 0 Å². The van der Waals surface area contributed by atoms with Gasteiger partial charge in [-0.15, -0.1) is 0 Å². The maximum absolute atomic E-state index is 5.80. The van der Waals surface area contributed by atoms with Crippen molar-refractivity contribution in [2.24, 2.45) is 0 Å². The van der Waals surface area contributed by atoms with E-state index in [1.807, 2.05) is 0 Å². The highest BCUT2D eigenvalue weighted by Gasteiger charge is 2.09. The molecule has 1 aliphatic heterocycles. The maximum atomic E-state index is 5.80. The van der Waals surface area contributed by atoms with E-state index in [0.717, 1.165) is 25.2 Å². The highest BCUT2D eigenvalue weighted by Crippen LogP contribution is 2.17. The largest absolute Gasteiger partial charge is 0.494 e. The average molecular weight is 235 g/mol. The van der Waals surface area contributed by atoms with Crippen LogP contribution in [0, 0.1) is 0 Å². The number of likely N-dealkylation sites (tertiary alicyclic amines) is 1. The fourth-order valence-electron chi connectivity index (χ4n) is 2.58. The molecular weight excluding hydrogens is 210 g/mol. The number of ether oxygens (including phenoxy) is 1. The van der Waals surface area contributed by atoms with Gasteiger partial charge in [-0.2, -0.15) is 0 Å². The van der Waals surface area contributed by atoms with Crippen LogP contribution in [0.25, 0.3) is 0 Å². The minimum absolute atomic E-state index is 0.867. The normalized spacial score (nSPS) is 21.9. The lowest BCUT2D eigenvalue weighted by Crippen LogP contribution is -2.31. The van der Waals surface area contributed by atoms with E-state index in [1.54, 1.807) is 0 Å². The van der Waals surface area contributed by atoms with E-state index in [0.29, 0.717) is 0 Å². The van der Waals surface area contributed by atoms with Crippen LogP contribution in [0.2, 0.25) is 0 Å². The van der Waals surface area contributed by atoms with Crippen molar-refractivity contribution in [2.75, 3.05) is 26.2 Å². The molecule has 0 amide bonds. The van der Waals surface area contributed by atoms with Crippen molar-refractivity contribution in [2.45, 2.75) is 45.4 Å². The van der Waals surface area contributed by atoms with Crippen molar-refractivity contribution < 1.29 is 4.74 Å². The molecule has 0 atom stereocenters. The molecule has 96 valence electrons. The van der Waals surface area contributed by atoms with Gasteiger partial charge in [0.05, 0.1) is 6.61 Å². The molecule has 17 heavy (non-hydrogen) atoms. The van der Waals surface area contributed by atoms with Gasteiger partial charge in [0.1, 0.15) is 5.76 Å². The quantitative estimate of drug-likeness (QED) is 0.676. The van der Waals surface area contributed by atoms with Crippen molar-refractivity contribution in [3.05, 3.63) is 23.5 Å². The van der Waals surface area contributed by atoms with E-state index in [9.17, 15) is 0 Å². The lowest BCUT2D eigenvalue weighted by molar-refractivity contribution is 0.175. The van der Waals surface area contributed by atoms with E-state index in [-0.39, 0.29) is 0 Å². The lowest BCUT2D eigenvalue weighted by atomic mass is 10.1. The summed E-state index contributed by atoms with van der Waals surface area (Å²) in [5.41, 5.74) is 1.44. The summed E-state index contributed by atoms with van der Waals surface area (Å²) in [5, 5.41) is 0. The summed E-state index contributed by atoms with van der Waals surface area (Å²) in [6.45, 7) is 6.84. The summed E-state index contributed by atoms with van der Waals surface area (Å²) in [6, 6.07) is 0. The molecular formula is C15H25NO. The number of hydrogen-bond acceptors (Lipinski definition) is 2. The van der Waals surface area contributed by atoms with Gasteiger partial charge >= 0.3 is 0 Å². The highest BCUT2D eigenvalue weighted by molar-refractivity contribution is 5.21. The second-order valence-corrected chi connectivity index (χ2v) is 5.24. The Morgan fingerprint density at radius 3 is 2.82 bits per heavy atom. The van der Waals surface area contributed by atoms with E-state index >= 15 is 0 Å². The molecule has 0 N–H and O–H groups in total. The molecule has 0 aromatic carbocycles. The van der Waals surface area contributed by atoms with Crippen molar-refractivity contribution in [3.8, 4) is 0 Å². The van der Waals surface area contributed by atoms with E-state index < -0.39 is 0 Å². The van der Waals surface area contributed by atoms with Crippen LogP contribution in [0.15, 0.2) is 23.5 Å². The summed E-state index contributed by atoms with van der Waals surface area (Å²) < 4.78 is 5.80. The van der Waals surface area contributed by atoms with Gasteiger partial charge in [-0.3, -0.25) is 0 Å². The van der Waals surface area contributed by atoms with E-state index in [2.05, 4.69) is 24.0 Å². The molecule has 2 aliphatic rings. The number of nitrogens with zero attached hydrogens (tertiary/aromatic N) is 1. The van der Waals surface area contributed by atoms with Crippen LogP contribution >= 0.6 is 0 Å². The molecule has 1 heterocycles. The minimum atomic E-state index is 0.867. The first-order valence-corrected chi connectivity index (χ1v) is 7.07. The average Bonchev–Trinajstić information content (AvgIpc) is 2.36. The fourth-order valence-corrected chi connectivity index (χ4v) is 2.58. The van der Waals surface area contributed by atoms with Gasteiger partial charge in [0, 0.05) is 6.54 Å². The maximum Gasteiger partial charge on any atom is 0.115 e. The molecule has 1 saturated heterocycles. The van der Waals surface area contributed by atoms with Gasteiger partial charge in [0.15, 0.2) is 0 Å². The lowest BCUT2D eigenvalue weighted by Gasteiger charge is -2.26. The fraction of sp³-hybridized carbons (Fsp3) is 0.733. The number of hydrogen-bond donors (Lipinski definition) is 0. The van der Waals surface area contributed by atoms with Crippen LogP contribution in [0.5, 0.6) is 0 Å². The Labute approximate surface area is 105 Å². The van der Waals surface area contributed by atoms with Crippen molar-refractivity contribution in [3.63, 3.8) is 0 Å². The summed E-state index contributed by atoms with van der Waals surface area (Å²) in [5.74, 6) is 1.09. The third kappa shape index (κ3) is 4.55. The highest BCUT2D eigenvalue weighted by atomic mass is 16.5. The van der Waals surface area contributed by atoms with Gasteiger partial charge in [-0.25, -0.2) is 0 Å². The third-order valence-corrected chi connectivity index (χ3v) is 3.61. The Balaban J connectivity index is 1.58. The van der Waals surface area contributed by atoms with Gasteiger partial charge < -0.3 is 9.64 Å². The molecule has 0 saturated carbocycles. The molecule has 0 aromatic heterocycles. The van der Waals surface area contributed by atoms with Crippen LogP contribution in [-0.2, 0) is 4.74 Å². The van der Waals surface area contributed by atoms with Gasteiger partial charge in [-0.1, -0.05) is 12.0 Å². The Morgan fingerprint density at radius 2 is 2.06 bits per heavy atom. The smallest absolute Gasteiger partial charge is 0.115 e. The van der Waals surface area contributed by atoms with Gasteiger partial charge in [-0.05, 0) is 64.3 Å². The molecule has 0 bridgehead atoms. The molecule has 0 aromatic rings. The predicted octanol–water partition coefficient (Wildman–Crippen LogP) is 3.50. The molecule has 0 unspecified atom stereocenters. The monoisotopic (exact) mass is 235 g/mol. The number of allylic oxidation sites excluding steroid dienone is 3. The Kier molecular flexibility index (Phi) is 5.11. The first-order chi connectivity index (χ1) is 8.34. The number of piperidine rings is 1. The Bertz CT molecular complexity index is 287. The zero-order valence-electron chi connectivity index (χ0n) is 11.1. The third-order valence-electron chi connectivity index (χ3n) is 3.61. The zero-order chi connectivity index (χ0) is 11.9. The van der Waals surface area contributed by atoms with Crippen molar-refractivity contribution in [1.29, 1.82) is 0 Å². The first-order valence-electron chi connectivity index (χ1n) is 7.07. The summed E-state index contributed by atoms with van der Waals surface area (Å²) in [4.78, 5) is 2.57. The zero-order valence-corrected chi connectivity index (χ0v) is 11.1. The molecule has 0 spiro atoms. The SMILES string of the molecule is CC1=CC(OCCCN2CCCCC2)=CCC1. The summed E-state index contributed by atoms with van der Waals surface area (Å²) >= 11 is 0. The number of rotatable bonds is 5. The standard InChI is InChI=1S/C15H25NO/c1-14-7-5-8-15(13-14)17-12-6-11-16-9-3-2-4-10-16/h8,13H,2-7,9-12H2,1H3. The summed E-state index contributed by atoms with van der Waals surface area (Å²) in [7, 11) is 0. The van der Waals surface area contributed by atoms with Crippen LogP contribution in [0.1, 0.15) is 45.4 Å². The Hall–Kier alpha value is -0.760. The van der Waals surface area contributed by atoms with Crippen LogP contribution in [0.4, 0.5) is 0 Å². The van der Waals surface area contributed by atoms with Crippen LogP contribution < -0.4 is 0 Å². The molecule has 2 nitrogen and oxygen atoms in total. The van der Waals surface area contributed by atoms with Gasteiger partial charge in [0.25, 0.3) is 0 Å². The molecule has 0 radical (unpaired) electrons. The summed E-state index contributed by atoms with van der Waals surface area (Å²) in [6.07, 6.45) is 12.1. The molecule has 1 fully saturated rings. The topological polar surface area (TPSA) is 12.5 Å². The minimum Gasteiger partial charge on any atom is -0.494 e. The Morgan fingerprint density at radius 1 is 1.24 bits per heavy atom. The second-order valence-electron chi connectivity index (χ2n) is 5.24. The molecule has 2 heteroatoms. The van der Waals surface area contributed by atoms with Crippen molar-refractivity contribution >= 4 is 0 Å². The van der Waals surface area contributed by atoms with Crippen molar-refractivity contribution in [1.82, 2.24) is 4.90 Å². The van der Waals surface area contributed by atoms with Gasteiger partial charge in [0.2, 0.25) is 0 Å². The second kappa shape index (κ2) is 6.85.